The summed E-state index contributed by atoms with van der Waals surface area (Å²) in [6.07, 6.45) is -2.13. The first-order valence-corrected chi connectivity index (χ1v) is 5.53. The van der Waals surface area contributed by atoms with Gasteiger partial charge in [-0.25, -0.2) is 4.79 Å². The molecule has 0 heterocycles. The summed E-state index contributed by atoms with van der Waals surface area (Å²) < 4.78 is 0. The zero-order valence-corrected chi connectivity index (χ0v) is 10.5. The standard InChI is InChI=1S/C11H10ClNO6/c1-5(14)9(12)6-3-2-4-7(13(18)19)8(6)10(15)11(16)17/h2-4,9-10,15H,1H3,(H,16,17). The van der Waals surface area contributed by atoms with E-state index in [1.165, 1.54) is 12.1 Å². The minimum atomic E-state index is -2.13. The van der Waals surface area contributed by atoms with E-state index in [4.69, 9.17) is 16.7 Å². The number of aliphatic hydroxyl groups excluding tert-OH is 1. The average molecular weight is 288 g/mol. The molecule has 0 aliphatic carbocycles. The van der Waals surface area contributed by atoms with Crippen molar-refractivity contribution in [3.05, 3.63) is 39.4 Å². The molecule has 0 spiro atoms. The van der Waals surface area contributed by atoms with E-state index in [-0.39, 0.29) is 5.56 Å². The highest BCUT2D eigenvalue weighted by Crippen LogP contribution is 2.35. The maximum atomic E-state index is 11.2. The van der Waals surface area contributed by atoms with Crippen molar-refractivity contribution in [2.45, 2.75) is 18.4 Å². The third-order valence-corrected chi connectivity index (χ3v) is 2.99. The molecule has 0 saturated heterocycles. The monoisotopic (exact) mass is 287 g/mol. The second-order valence-electron chi connectivity index (χ2n) is 3.75. The number of aliphatic hydroxyl groups is 1. The van der Waals surface area contributed by atoms with Gasteiger partial charge in [-0.3, -0.25) is 14.9 Å². The summed E-state index contributed by atoms with van der Waals surface area (Å²) in [6.45, 7) is 1.16. The van der Waals surface area contributed by atoms with Crippen molar-refractivity contribution in [2.75, 3.05) is 0 Å². The zero-order valence-electron chi connectivity index (χ0n) is 9.74. The SMILES string of the molecule is CC(=O)C(Cl)c1cccc([N+](=O)[O-])c1C(O)C(=O)O. The van der Waals surface area contributed by atoms with Gasteiger partial charge in [-0.1, -0.05) is 12.1 Å². The predicted octanol–water partition coefficient (Wildman–Crippen LogP) is 1.58. The van der Waals surface area contributed by atoms with Crippen LogP contribution >= 0.6 is 11.6 Å². The van der Waals surface area contributed by atoms with E-state index < -0.39 is 39.4 Å². The summed E-state index contributed by atoms with van der Waals surface area (Å²) in [6, 6.07) is 3.58. The van der Waals surface area contributed by atoms with Crippen molar-refractivity contribution < 1.29 is 24.7 Å². The molecule has 8 heteroatoms. The van der Waals surface area contributed by atoms with Gasteiger partial charge in [0.15, 0.2) is 11.9 Å². The number of nitro groups is 1. The average Bonchev–Trinajstić information content (AvgIpc) is 2.35. The number of aliphatic carboxylic acids is 1. The van der Waals surface area contributed by atoms with Crippen molar-refractivity contribution in [3.8, 4) is 0 Å². The smallest absolute Gasteiger partial charge is 0.337 e. The number of carboxylic acid groups (broad SMARTS) is 1. The number of ketones is 1. The van der Waals surface area contributed by atoms with Crippen LogP contribution in [0.25, 0.3) is 0 Å². The van der Waals surface area contributed by atoms with Crippen LogP contribution in [0.2, 0.25) is 0 Å². The summed E-state index contributed by atoms with van der Waals surface area (Å²) in [5.41, 5.74) is -1.16. The van der Waals surface area contributed by atoms with Crippen LogP contribution in [0.3, 0.4) is 0 Å². The number of nitrogens with zero attached hydrogens (tertiary/aromatic N) is 1. The fraction of sp³-hybridized carbons (Fsp3) is 0.273. The molecule has 19 heavy (non-hydrogen) atoms. The quantitative estimate of drug-likeness (QED) is 0.482. The van der Waals surface area contributed by atoms with Crippen LogP contribution in [0.5, 0.6) is 0 Å². The minimum Gasteiger partial charge on any atom is -0.479 e. The summed E-state index contributed by atoms with van der Waals surface area (Å²) in [4.78, 5) is 32.1. The second kappa shape index (κ2) is 5.77. The van der Waals surface area contributed by atoms with Crippen molar-refractivity contribution in [1.82, 2.24) is 0 Å². The highest BCUT2D eigenvalue weighted by Gasteiger charge is 2.32. The molecule has 7 nitrogen and oxygen atoms in total. The molecule has 0 radical (unpaired) electrons. The maximum absolute atomic E-state index is 11.2. The van der Waals surface area contributed by atoms with E-state index in [1.54, 1.807) is 0 Å². The van der Waals surface area contributed by atoms with E-state index in [0.717, 1.165) is 13.0 Å². The van der Waals surface area contributed by atoms with E-state index in [1.807, 2.05) is 0 Å². The van der Waals surface area contributed by atoms with Crippen LogP contribution in [0, 0.1) is 10.1 Å². The molecule has 0 fully saturated rings. The first-order valence-electron chi connectivity index (χ1n) is 5.10. The molecule has 102 valence electrons. The molecule has 0 amide bonds. The van der Waals surface area contributed by atoms with Gasteiger partial charge in [-0.2, -0.15) is 0 Å². The van der Waals surface area contributed by atoms with Crippen LogP contribution in [0.1, 0.15) is 29.5 Å². The Balaban J connectivity index is 3.55. The van der Waals surface area contributed by atoms with Gasteiger partial charge in [-0.15, -0.1) is 11.6 Å². The van der Waals surface area contributed by atoms with E-state index in [2.05, 4.69) is 0 Å². The van der Waals surface area contributed by atoms with Crippen LogP contribution < -0.4 is 0 Å². The minimum absolute atomic E-state index is 0.0849. The number of Topliss-reactive ketones (excluding diaryl/α,β-unsaturated/α-hetero) is 1. The van der Waals surface area contributed by atoms with Gasteiger partial charge in [0.05, 0.1) is 10.5 Å². The molecule has 1 rings (SSSR count). The first-order chi connectivity index (χ1) is 8.77. The largest absolute Gasteiger partial charge is 0.479 e. The molecule has 2 atom stereocenters. The summed E-state index contributed by atoms with van der Waals surface area (Å²) in [5, 5.41) is 28.0. The molecule has 0 bridgehead atoms. The lowest BCUT2D eigenvalue weighted by Crippen LogP contribution is -2.17. The van der Waals surface area contributed by atoms with Crippen molar-refractivity contribution in [1.29, 1.82) is 0 Å². The van der Waals surface area contributed by atoms with E-state index >= 15 is 0 Å². The Labute approximate surface area is 112 Å². The molecular weight excluding hydrogens is 278 g/mol. The molecule has 0 saturated carbocycles. The molecule has 1 aromatic carbocycles. The van der Waals surface area contributed by atoms with Gasteiger partial charge in [0.1, 0.15) is 5.38 Å². The van der Waals surface area contributed by atoms with Crippen LogP contribution in [-0.2, 0) is 9.59 Å². The number of rotatable bonds is 5. The lowest BCUT2D eigenvalue weighted by Gasteiger charge is -2.15. The predicted molar refractivity (Wildman–Crippen MR) is 65.0 cm³/mol. The molecule has 2 unspecified atom stereocenters. The number of halogens is 1. The second-order valence-corrected chi connectivity index (χ2v) is 4.19. The van der Waals surface area contributed by atoms with Gasteiger partial charge in [0.25, 0.3) is 5.69 Å². The number of hydrogen-bond acceptors (Lipinski definition) is 5. The molecule has 0 aromatic heterocycles. The lowest BCUT2D eigenvalue weighted by atomic mass is 9.96. The number of carboxylic acids is 1. The number of nitro benzene ring substituents is 1. The Morgan fingerprint density at radius 1 is 1.42 bits per heavy atom. The summed E-state index contributed by atoms with van der Waals surface area (Å²) >= 11 is 5.80. The Morgan fingerprint density at radius 3 is 2.42 bits per heavy atom. The number of carbonyl (C=O) groups excluding carboxylic acids is 1. The Kier molecular flexibility index (Phi) is 4.57. The molecular formula is C11H10ClNO6. The summed E-state index contributed by atoms with van der Waals surface area (Å²) in [7, 11) is 0. The van der Waals surface area contributed by atoms with E-state index in [9.17, 15) is 24.8 Å². The number of hydrogen-bond donors (Lipinski definition) is 2. The highest BCUT2D eigenvalue weighted by atomic mass is 35.5. The maximum Gasteiger partial charge on any atom is 0.337 e. The molecule has 1 aromatic rings. The van der Waals surface area contributed by atoms with Crippen LogP contribution in [0.15, 0.2) is 18.2 Å². The van der Waals surface area contributed by atoms with Crippen molar-refractivity contribution in [2.24, 2.45) is 0 Å². The zero-order chi connectivity index (χ0) is 14.7. The third-order valence-electron chi connectivity index (χ3n) is 2.45. The Bertz CT molecular complexity index is 544. The topological polar surface area (TPSA) is 118 Å². The third kappa shape index (κ3) is 3.07. The fourth-order valence-electron chi connectivity index (χ4n) is 1.59. The molecule has 2 N–H and O–H groups in total. The van der Waals surface area contributed by atoms with Crippen molar-refractivity contribution in [3.63, 3.8) is 0 Å². The molecule has 0 aliphatic heterocycles. The highest BCUT2D eigenvalue weighted by molar-refractivity contribution is 6.31. The summed E-state index contributed by atoms with van der Waals surface area (Å²) in [5.74, 6) is -2.18. The number of benzene rings is 1. The Morgan fingerprint density at radius 2 is 2.00 bits per heavy atom. The first kappa shape index (κ1) is 15.1. The van der Waals surface area contributed by atoms with Gasteiger partial charge in [0.2, 0.25) is 0 Å². The van der Waals surface area contributed by atoms with Gasteiger partial charge >= 0.3 is 5.97 Å². The normalized spacial score (nSPS) is 13.6. The van der Waals surface area contributed by atoms with Crippen LogP contribution in [0.4, 0.5) is 5.69 Å². The van der Waals surface area contributed by atoms with Crippen LogP contribution in [-0.4, -0.2) is 26.9 Å². The fourth-order valence-corrected chi connectivity index (χ4v) is 1.78. The van der Waals surface area contributed by atoms with Gasteiger partial charge < -0.3 is 10.2 Å². The number of carbonyl (C=O) groups is 2. The van der Waals surface area contributed by atoms with Gasteiger partial charge in [-0.05, 0) is 12.5 Å². The lowest BCUT2D eigenvalue weighted by molar-refractivity contribution is -0.386. The van der Waals surface area contributed by atoms with Gasteiger partial charge in [0, 0.05) is 6.07 Å². The van der Waals surface area contributed by atoms with E-state index in [0.29, 0.717) is 0 Å². The molecule has 0 aliphatic rings. The van der Waals surface area contributed by atoms with Crippen molar-refractivity contribution >= 4 is 29.0 Å². The number of alkyl halides is 1. The Hall–Kier alpha value is -1.99.